The van der Waals surface area contributed by atoms with Gasteiger partial charge >= 0.3 is 28.3 Å². The molecule has 0 saturated heterocycles. The third kappa shape index (κ3) is 10.2. The van der Waals surface area contributed by atoms with Gasteiger partial charge in [-0.3, -0.25) is 0 Å². The Morgan fingerprint density at radius 1 is 0.571 bits per heavy atom. The molecular weight excluding hydrogens is 888 g/mol. The number of fused-ring (bicyclic) bond motifs is 10. The number of hydrogen-bond donors (Lipinski definition) is 3. The van der Waals surface area contributed by atoms with Crippen LogP contribution in [0.4, 0.5) is 0 Å². The van der Waals surface area contributed by atoms with Crippen LogP contribution in [-0.2, 0) is 14.2 Å². The molecule has 0 aromatic rings. The van der Waals surface area contributed by atoms with Gasteiger partial charge in [0.05, 0.1) is 18.3 Å². The first kappa shape index (κ1) is 52.7. The van der Waals surface area contributed by atoms with E-state index in [0.29, 0.717) is 34.0 Å². The summed E-state index contributed by atoms with van der Waals surface area (Å²) in [6.45, 7) is 29.8. The monoisotopic (exact) mass is 987 g/mol. The summed E-state index contributed by atoms with van der Waals surface area (Å²) < 4.78 is 0. The van der Waals surface area contributed by atoms with E-state index in [1.807, 2.05) is 0 Å². The Bertz CT molecular complexity index is 1540. The van der Waals surface area contributed by atoms with Gasteiger partial charge < -0.3 is 15.3 Å². The van der Waals surface area contributed by atoms with Gasteiger partial charge in [0.1, 0.15) is 0 Å². The van der Waals surface area contributed by atoms with E-state index in [0.717, 1.165) is 97.2 Å². The van der Waals surface area contributed by atoms with Crippen LogP contribution in [-0.4, -0.2) is 33.6 Å². The van der Waals surface area contributed by atoms with Crippen LogP contribution in [0, 0.1) is 105 Å². The summed E-state index contributed by atoms with van der Waals surface area (Å²) in [4.78, 5) is 0. The number of halogens is 1. The van der Waals surface area contributed by atoms with Crippen molar-refractivity contribution in [3.8, 4) is 0 Å². The van der Waals surface area contributed by atoms with Crippen molar-refractivity contribution >= 4 is 14.1 Å². The fraction of sp³-hybridized carbons (Fsp3) is 0.931. The number of aliphatic hydroxyl groups is 3. The van der Waals surface area contributed by atoms with Gasteiger partial charge in [-0.25, -0.2) is 0 Å². The van der Waals surface area contributed by atoms with E-state index in [4.69, 9.17) is 0 Å². The Hall–Kier alpha value is 0.359. The van der Waals surface area contributed by atoms with E-state index in [-0.39, 0.29) is 23.7 Å². The minimum absolute atomic E-state index is 0.0794. The molecule has 0 bridgehead atoms. The Kier molecular flexibility index (Phi) is 18.0. The Balaban J connectivity index is 0.000000202. The van der Waals surface area contributed by atoms with Gasteiger partial charge in [-0.2, -0.15) is 0 Å². The first-order valence-electron chi connectivity index (χ1n) is 27.4. The van der Waals surface area contributed by atoms with Gasteiger partial charge in [-0.15, -0.1) is 0 Å². The molecule has 6 saturated carbocycles. The van der Waals surface area contributed by atoms with Crippen molar-refractivity contribution in [3.05, 3.63) is 23.3 Å². The number of allylic oxidation sites excluding steroid dienone is 1. The van der Waals surface area contributed by atoms with Crippen LogP contribution >= 0.6 is 14.1 Å². The molecule has 0 aromatic carbocycles. The van der Waals surface area contributed by atoms with E-state index < -0.39 is 0 Å². The summed E-state index contributed by atoms with van der Waals surface area (Å²) in [5, 5.41) is 31.8. The third-order valence-electron chi connectivity index (χ3n) is 22.6. The topological polar surface area (TPSA) is 60.7 Å². The molecule has 63 heavy (non-hydrogen) atoms. The molecule has 8 aliphatic rings. The van der Waals surface area contributed by atoms with Gasteiger partial charge in [-0.1, -0.05) is 132 Å². The van der Waals surface area contributed by atoms with Crippen LogP contribution in [0.2, 0.25) is 0 Å². The van der Waals surface area contributed by atoms with Gasteiger partial charge in [0.2, 0.25) is 0 Å². The maximum absolute atomic E-state index is 11.3. The molecule has 8 rings (SSSR count). The zero-order valence-corrected chi connectivity index (χ0v) is 45.4. The fourth-order valence-corrected chi connectivity index (χ4v) is 18.6. The van der Waals surface area contributed by atoms with Crippen molar-refractivity contribution in [3.63, 3.8) is 0 Å². The summed E-state index contributed by atoms with van der Waals surface area (Å²) in [6.07, 6.45) is 31.0. The molecule has 0 amide bonds. The van der Waals surface area contributed by atoms with E-state index in [1.165, 1.54) is 108 Å². The summed E-state index contributed by atoms with van der Waals surface area (Å²) >= 11 is 6.50. The molecule has 6 fully saturated rings. The molecule has 5 unspecified atom stereocenters. The normalized spacial score (nSPS) is 44.7. The average molecular weight is 989 g/mol. The van der Waals surface area contributed by atoms with Crippen molar-refractivity contribution in [1.82, 2.24) is 0 Å². The predicted molar refractivity (Wildman–Crippen MR) is 267 cm³/mol. The van der Waals surface area contributed by atoms with Gasteiger partial charge in [0.15, 0.2) is 0 Å². The summed E-state index contributed by atoms with van der Waals surface area (Å²) in [7, 11) is 0. The standard InChI is InChI=1S/C29H50O2.C29H50O.BrH.Cu/c1-7-20(18(2)3)9-8-19(4)23-10-11-24-27-25(13-15-29(23,24)6)28(5)14-12-22(30)16-21(28)17-26(27)31;1-7-21(19(2)3)9-8-20(4)25-12-13-26-24-11-10-22-18-23(30)14-16-28(22,5)27(24)15-17-29(25,26)6;;/h17-20,22-27,30-31H,7-16H2,1-6H3;10,19-21,23-27,30H,7-9,11-18H2,1-6H3;1H;/q;;;+1/p-1/t19-,20-,22+,23-,24?,25?,26?,27+,28+,29-;20-,21-,23+,24+,25-,26?,27?,28+,29-;;/m11../s1. The van der Waals surface area contributed by atoms with Crippen LogP contribution in [0.25, 0.3) is 0 Å². The van der Waals surface area contributed by atoms with E-state index >= 15 is 0 Å². The third-order valence-corrected chi connectivity index (χ3v) is 22.6. The van der Waals surface area contributed by atoms with E-state index in [2.05, 4.69) is 124 Å². The molecule has 19 atom stereocenters. The van der Waals surface area contributed by atoms with Crippen molar-refractivity contribution in [1.29, 1.82) is 0 Å². The Morgan fingerprint density at radius 3 is 1.54 bits per heavy atom. The number of hydrogen-bond acceptors (Lipinski definition) is 3. The molecule has 0 aliphatic heterocycles. The van der Waals surface area contributed by atoms with Gasteiger partial charge in [-0.05, 0) is 214 Å². The van der Waals surface area contributed by atoms with Gasteiger partial charge in [0.25, 0.3) is 0 Å². The van der Waals surface area contributed by atoms with Crippen LogP contribution in [0.15, 0.2) is 23.3 Å². The maximum atomic E-state index is 11.3. The first-order chi connectivity index (χ1) is 29.8. The quantitative estimate of drug-likeness (QED) is 0.135. The molecule has 0 radical (unpaired) electrons. The molecule has 0 heterocycles. The second-order valence-electron chi connectivity index (χ2n) is 25.8. The van der Waals surface area contributed by atoms with Crippen molar-refractivity contribution < 1.29 is 29.5 Å². The zero-order valence-electron chi connectivity index (χ0n) is 42.8. The Labute approximate surface area is 405 Å². The van der Waals surface area contributed by atoms with Crippen LogP contribution in [0.5, 0.6) is 0 Å². The molecule has 3 nitrogen and oxygen atoms in total. The second kappa shape index (κ2) is 21.6. The second-order valence-corrected chi connectivity index (χ2v) is 25.8. The van der Waals surface area contributed by atoms with Crippen LogP contribution in [0.1, 0.15) is 218 Å². The average Bonchev–Trinajstić information content (AvgIpc) is 3.79. The van der Waals surface area contributed by atoms with E-state index in [1.54, 1.807) is 5.57 Å². The van der Waals surface area contributed by atoms with Gasteiger partial charge in [0, 0.05) is 0 Å². The summed E-state index contributed by atoms with van der Waals surface area (Å²) in [6, 6.07) is 0. The molecule has 8 aliphatic carbocycles. The Morgan fingerprint density at radius 2 is 1.03 bits per heavy atom. The fourth-order valence-electron chi connectivity index (χ4n) is 18.6. The van der Waals surface area contributed by atoms with Crippen molar-refractivity contribution in [2.24, 2.45) is 105 Å². The SMILES string of the molecule is CC[C@H](CC[C@@H](C)[C@H]1CCC2[C@@H]3C(O)C=C4C[C@@H](O)CC[C@]4(C)C3CC[C@@]21C)C(C)C.CC[C@H](CC[C@@H](C)[C@H]1CCC2[C@@H]3CC=C4C[C@@H](O)CC[C@]4(C)C3CC[C@@]21C)C(C)C.[Cu][Br]. The van der Waals surface area contributed by atoms with Crippen LogP contribution < -0.4 is 0 Å². The number of aliphatic hydroxyl groups excluding tert-OH is 3. The zero-order chi connectivity index (χ0) is 46.2. The van der Waals surface area contributed by atoms with E-state index in [9.17, 15) is 15.3 Å². The summed E-state index contributed by atoms with van der Waals surface area (Å²) in [5.74, 6) is 11.3. The van der Waals surface area contributed by atoms with Crippen molar-refractivity contribution in [2.75, 3.05) is 0 Å². The van der Waals surface area contributed by atoms with Crippen LogP contribution in [0.3, 0.4) is 0 Å². The number of rotatable bonds is 12. The summed E-state index contributed by atoms with van der Waals surface area (Å²) in [5.41, 5.74) is 4.56. The first-order valence-corrected chi connectivity index (χ1v) is 29.7. The van der Waals surface area contributed by atoms with Crippen molar-refractivity contribution in [2.45, 2.75) is 236 Å². The molecule has 0 aromatic heterocycles. The molecule has 368 valence electrons. The molecule has 5 heteroatoms. The molecule has 0 spiro atoms. The molecular formula is C58H100BrCuO3. The minimum atomic E-state index is -0.303. The predicted octanol–water partition coefficient (Wildman–Crippen LogP) is 15.9. The molecule has 3 N–H and O–H groups in total.